The van der Waals surface area contributed by atoms with Gasteiger partial charge in [0.1, 0.15) is 0 Å². The molecule has 1 aromatic carbocycles. The van der Waals surface area contributed by atoms with Gasteiger partial charge in [0.2, 0.25) is 0 Å². The number of hydrogen-bond donors (Lipinski definition) is 3. The molecule has 0 amide bonds. The zero-order valence-corrected chi connectivity index (χ0v) is 9.82. The third kappa shape index (κ3) is 3.03. The molecular formula is C8H13N4O3P. The van der Waals surface area contributed by atoms with Crippen molar-refractivity contribution in [2.45, 2.75) is 0 Å². The summed E-state index contributed by atoms with van der Waals surface area (Å²) >= 11 is 0. The second kappa shape index (κ2) is 5.07. The average molecular weight is 244 g/mol. The van der Waals surface area contributed by atoms with E-state index in [0.29, 0.717) is 5.69 Å². The Bertz CT molecular complexity index is 412. The van der Waals surface area contributed by atoms with Crippen LogP contribution in [0.4, 0.5) is 11.4 Å². The van der Waals surface area contributed by atoms with E-state index in [0.717, 1.165) is 0 Å². The molecule has 1 aromatic rings. The number of rotatable bonds is 5. The van der Waals surface area contributed by atoms with Gasteiger partial charge in [0.05, 0.1) is 4.92 Å². The Hall–Kier alpha value is -1.43. The van der Waals surface area contributed by atoms with Crippen LogP contribution in [-0.2, 0) is 4.57 Å². The SMILES string of the molecule is CNP(=O)(NC)Nc1ccc([N+](=O)[O-])cc1. The summed E-state index contributed by atoms with van der Waals surface area (Å²) in [7, 11) is 0.241. The largest absolute Gasteiger partial charge is 0.313 e. The molecule has 16 heavy (non-hydrogen) atoms. The van der Waals surface area contributed by atoms with Crippen molar-refractivity contribution in [1.82, 2.24) is 10.2 Å². The average Bonchev–Trinajstić information content (AvgIpc) is 2.29. The van der Waals surface area contributed by atoms with Crippen LogP contribution >= 0.6 is 7.59 Å². The third-order valence-electron chi connectivity index (χ3n) is 1.99. The lowest BCUT2D eigenvalue weighted by Gasteiger charge is -2.18. The number of anilines is 1. The monoisotopic (exact) mass is 244 g/mol. The molecule has 0 aromatic heterocycles. The lowest BCUT2D eigenvalue weighted by atomic mass is 10.3. The Balaban J connectivity index is 2.83. The Morgan fingerprint density at radius 3 is 2.06 bits per heavy atom. The van der Waals surface area contributed by atoms with Crippen molar-refractivity contribution in [2.75, 3.05) is 19.2 Å². The predicted molar refractivity (Wildman–Crippen MR) is 62.4 cm³/mol. The fraction of sp³-hybridized carbons (Fsp3) is 0.250. The van der Waals surface area contributed by atoms with Crippen molar-refractivity contribution in [1.29, 1.82) is 0 Å². The van der Waals surface area contributed by atoms with Gasteiger partial charge in [-0.1, -0.05) is 0 Å². The van der Waals surface area contributed by atoms with Crippen molar-refractivity contribution < 1.29 is 9.49 Å². The number of nitrogens with one attached hydrogen (secondary N) is 3. The number of hydrogen-bond acceptors (Lipinski definition) is 3. The molecule has 1 rings (SSSR count). The van der Waals surface area contributed by atoms with Crippen LogP contribution in [0.15, 0.2) is 24.3 Å². The minimum absolute atomic E-state index is 0.00528. The van der Waals surface area contributed by atoms with E-state index in [4.69, 9.17) is 0 Å². The summed E-state index contributed by atoms with van der Waals surface area (Å²) in [5.74, 6) is 0. The van der Waals surface area contributed by atoms with Crippen LogP contribution in [0.5, 0.6) is 0 Å². The van der Waals surface area contributed by atoms with Crippen LogP contribution in [0.2, 0.25) is 0 Å². The summed E-state index contributed by atoms with van der Waals surface area (Å²) in [6.07, 6.45) is 0. The van der Waals surface area contributed by atoms with Gasteiger partial charge in [0.25, 0.3) is 5.69 Å². The van der Waals surface area contributed by atoms with Gasteiger partial charge in [0.15, 0.2) is 0 Å². The summed E-state index contributed by atoms with van der Waals surface area (Å²) in [4.78, 5) is 9.93. The van der Waals surface area contributed by atoms with Gasteiger partial charge in [-0.2, -0.15) is 0 Å². The van der Waals surface area contributed by atoms with Crippen LogP contribution in [0, 0.1) is 10.1 Å². The first-order valence-corrected chi connectivity index (χ1v) is 6.22. The standard InChI is InChI=1S/C8H13N4O3P/c1-9-16(15,10-2)11-7-3-5-8(6-4-7)12(13)14/h3-6H,1-2H3,(H3,9,10,11,15). The van der Waals surface area contributed by atoms with Crippen LogP contribution in [0.3, 0.4) is 0 Å². The highest BCUT2D eigenvalue weighted by molar-refractivity contribution is 7.61. The molecule has 0 aliphatic carbocycles. The molecule has 0 fully saturated rings. The Kier molecular flexibility index (Phi) is 4.00. The van der Waals surface area contributed by atoms with Crippen LogP contribution in [0.25, 0.3) is 0 Å². The van der Waals surface area contributed by atoms with E-state index < -0.39 is 12.5 Å². The molecule has 0 heterocycles. The number of nitro benzene ring substituents is 1. The van der Waals surface area contributed by atoms with E-state index in [1.807, 2.05) is 0 Å². The molecule has 8 heteroatoms. The Morgan fingerprint density at radius 2 is 1.69 bits per heavy atom. The van der Waals surface area contributed by atoms with E-state index in [1.54, 1.807) is 14.1 Å². The number of benzene rings is 1. The van der Waals surface area contributed by atoms with Crippen molar-refractivity contribution >= 4 is 19.0 Å². The number of nitrogens with zero attached hydrogens (tertiary/aromatic N) is 1. The topological polar surface area (TPSA) is 96.3 Å². The maximum absolute atomic E-state index is 11.9. The van der Waals surface area contributed by atoms with Crippen molar-refractivity contribution in [3.05, 3.63) is 34.4 Å². The second-order valence-electron chi connectivity index (χ2n) is 2.97. The second-order valence-corrected chi connectivity index (χ2v) is 5.31. The molecule has 0 aliphatic heterocycles. The van der Waals surface area contributed by atoms with Gasteiger partial charge in [0, 0.05) is 17.8 Å². The summed E-state index contributed by atoms with van der Waals surface area (Å²) in [5.41, 5.74) is 0.534. The molecule has 3 N–H and O–H groups in total. The minimum Gasteiger partial charge on any atom is -0.313 e. The molecule has 0 bridgehead atoms. The van der Waals surface area contributed by atoms with Crippen molar-refractivity contribution in [3.63, 3.8) is 0 Å². The molecule has 0 atom stereocenters. The van der Waals surface area contributed by atoms with Crippen LogP contribution < -0.4 is 15.3 Å². The smallest absolute Gasteiger partial charge is 0.302 e. The summed E-state index contributed by atoms with van der Waals surface area (Å²) in [5, 5.41) is 18.4. The zero-order chi connectivity index (χ0) is 12.2. The van der Waals surface area contributed by atoms with Gasteiger partial charge < -0.3 is 5.09 Å². The highest BCUT2D eigenvalue weighted by atomic mass is 31.2. The molecule has 0 saturated carbocycles. The predicted octanol–water partition coefficient (Wildman–Crippen LogP) is 1.55. The van der Waals surface area contributed by atoms with E-state index in [-0.39, 0.29) is 5.69 Å². The maximum Gasteiger partial charge on any atom is 0.302 e. The van der Waals surface area contributed by atoms with Crippen molar-refractivity contribution in [3.8, 4) is 0 Å². The molecule has 88 valence electrons. The van der Waals surface area contributed by atoms with Crippen molar-refractivity contribution in [2.24, 2.45) is 0 Å². The van der Waals surface area contributed by atoms with E-state index in [1.165, 1.54) is 24.3 Å². The normalized spacial score (nSPS) is 11.1. The molecular weight excluding hydrogens is 231 g/mol. The molecule has 0 unspecified atom stereocenters. The number of non-ortho nitro benzene ring substituents is 1. The molecule has 7 nitrogen and oxygen atoms in total. The van der Waals surface area contributed by atoms with E-state index in [9.17, 15) is 14.7 Å². The van der Waals surface area contributed by atoms with Gasteiger partial charge in [-0.3, -0.25) is 14.7 Å². The first kappa shape index (κ1) is 12.6. The highest BCUT2D eigenvalue weighted by Crippen LogP contribution is 2.35. The summed E-state index contributed by atoms with van der Waals surface area (Å²) in [6.45, 7) is 0. The first-order chi connectivity index (χ1) is 7.50. The summed E-state index contributed by atoms with van der Waals surface area (Å²) < 4.78 is 11.9. The number of nitro groups is 1. The quantitative estimate of drug-likeness (QED) is 0.413. The molecule has 0 aliphatic rings. The summed E-state index contributed by atoms with van der Waals surface area (Å²) in [6, 6.07) is 5.69. The van der Waals surface area contributed by atoms with Gasteiger partial charge in [-0.25, -0.2) is 10.2 Å². The van der Waals surface area contributed by atoms with Crippen LogP contribution in [-0.4, -0.2) is 19.0 Å². The fourth-order valence-electron chi connectivity index (χ4n) is 1.06. The lowest BCUT2D eigenvalue weighted by Crippen LogP contribution is -2.21. The fourth-order valence-corrected chi connectivity index (χ4v) is 2.02. The van der Waals surface area contributed by atoms with E-state index in [2.05, 4.69) is 15.3 Å². The molecule has 0 saturated heterocycles. The zero-order valence-electron chi connectivity index (χ0n) is 8.93. The van der Waals surface area contributed by atoms with E-state index >= 15 is 0 Å². The maximum atomic E-state index is 11.9. The first-order valence-electron chi connectivity index (χ1n) is 4.51. The highest BCUT2D eigenvalue weighted by Gasteiger charge is 2.16. The molecule has 0 radical (unpaired) electrons. The molecule has 0 spiro atoms. The Morgan fingerprint density at radius 1 is 1.19 bits per heavy atom. The third-order valence-corrected chi connectivity index (χ3v) is 3.83. The van der Waals surface area contributed by atoms with Gasteiger partial charge >= 0.3 is 7.59 Å². The van der Waals surface area contributed by atoms with Gasteiger partial charge in [-0.05, 0) is 26.2 Å². The lowest BCUT2D eigenvalue weighted by molar-refractivity contribution is -0.384. The minimum atomic E-state index is -2.86. The van der Waals surface area contributed by atoms with Crippen LogP contribution in [0.1, 0.15) is 0 Å². The van der Waals surface area contributed by atoms with Gasteiger partial charge in [-0.15, -0.1) is 0 Å². The Labute approximate surface area is 92.9 Å².